The number of piperazine rings is 1. The minimum Gasteiger partial charge on any atom is -0.477 e. The van der Waals surface area contributed by atoms with Gasteiger partial charge < -0.3 is 20.2 Å². The van der Waals surface area contributed by atoms with E-state index < -0.39 is 5.97 Å². The highest BCUT2D eigenvalue weighted by Gasteiger charge is 2.25. The molecule has 1 aromatic heterocycles. The van der Waals surface area contributed by atoms with Gasteiger partial charge in [-0.25, -0.2) is 14.6 Å². The second-order valence-electron chi connectivity index (χ2n) is 6.31. The molecule has 0 saturated carbocycles. The summed E-state index contributed by atoms with van der Waals surface area (Å²) in [4.78, 5) is 42.7. The van der Waals surface area contributed by atoms with Crippen molar-refractivity contribution >= 4 is 23.6 Å². The van der Waals surface area contributed by atoms with E-state index in [-0.39, 0.29) is 17.6 Å². The number of aryl methyl sites for hydroxylation is 1. The van der Waals surface area contributed by atoms with Gasteiger partial charge in [-0.1, -0.05) is 17.7 Å². The standard InChI is InChI=1S/C19H20N4O4/c1-13-2-5-15(6-3-13)21-19(27)23-10-8-22(9-11-23)17(24)14-4-7-16(18(25)26)20-12-14/h2-7,12H,8-11H2,1H3,(H,21,27)(H,25,26). The molecule has 1 aliphatic rings. The molecule has 0 unspecified atom stereocenters. The molecule has 1 aliphatic heterocycles. The molecule has 3 rings (SSSR count). The number of carbonyl (C=O) groups is 3. The van der Waals surface area contributed by atoms with Gasteiger partial charge in [-0.3, -0.25) is 4.79 Å². The van der Waals surface area contributed by atoms with Crippen molar-refractivity contribution in [3.8, 4) is 0 Å². The highest BCUT2D eigenvalue weighted by atomic mass is 16.4. The van der Waals surface area contributed by atoms with E-state index in [0.29, 0.717) is 31.7 Å². The predicted octanol–water partition coefficient (Wildman–Crippen LogP) is 2.08. The van der Waals surface area contributed by atoms with Crippen LogP contribution in [0.15, 0.2) is 42.6 Å². The molecule has 1 saturated heterocycles. The molecule has 27 heavy (non-hydrogen) atoms. The summed E-state index contributed by atoms with van der Waals surface area (Å²) in [6, 6.07) is 10.1. The van der Waals surface area contributed by atoms with Crippen LogP contribution < -0.4 is 5.32 Å². The van der Waals surface area contributed by atoms with E-state index in [0.717, 1.165) is 11.3 Å². The molecule has 0 atom stereocenters. The normalized spacial score (nSPS) is 14.0. The molecule has 1 aromatic carbocycles. The molecular formula is C19H20N4O4. The molecule has 2 N–H and O–H groups in total. The Morgan fingerprint density at radius 2 is 1.59 bits per heavy atom. The largest absolute Gasteiger partial charge is 0.477 e. The van der Waals surface area contributed by atoms with Gasteiger partial charge in [-0.2, -0.15) is 0 Å². The smallest absolute Gasteiger partial charge is 0.354 e. The lowest BCUT2D eigenvalue weighted by molar-refractivity contribution is 0.0664. The topological polar surface area (TPSA) is 103 Å². The maximum Gasteiger partial charge on any atom is 0.354 e. The van der Waals surface area contributed by atoms with Gasteiger partial charge in [0.1, 0.15) is 5.69 Å². The third kappa shape index (κ3) is 4.41. The molecule has 0 aliphatic carbocycles. The summed E-state index contributed by atoms with van der Waals surface area (Å²) < 4.78 is 0. The van der Waals surface area contributed by atoms with Crippen LogP contribution in [-0.4, -0.2) is 64.0 Å². The zero-order valence-corrected chi connectivity index (χ0v) is 14.9. The van der Waals surface area contributed by atoms with Crippen molar-refractivity contribution in [3.05, 3.63) is 59.4 Å². The first-order chi connectivity index (χ1) is 12.9. The summed E-state index contributed by atoms with van der Waals surface area (Å²) >= 11 is 0. The molecule has 0 spiro atoms. The van der Waals surface area contributed by atoms with Gasteiger partial charge in [0.2, 0.25) is 0 Å². The lowest BCUT2D eigenvalue weighted by Crippen LogP contribution is -2.51. The van der Waals surface area contributed by atoms with E-state index in [4.69, 9.17) is 5.11 Å². The minimum atomic E-state index is -1.14. The van der Waals surface area contributed by atoms with Crippen LogP contribution in [0.25, 0.3) is 0 Å². The Kier molecular flexibility index (Phi) is 5.35. The Morgan fingerprint density at radius 1 is 0.963 bits per heavy atom. The third-order valence-electron chi connectivity index (χ3n) is 4.39. The second-order valence-corrected chi connectivity index (χ2v) is 6.31. The highest BCUT2D eigenvalue weighted by Crippen LogP contribution is 2.12. The number of carboxylic acids is 1. The first kappa shape index (κ1) is 18.4. The number of carboxylic acid groups (broad SMARTS) is 1. The van der Waals surface area contributed by atoms with E-state index in [1.165, 1.54) is 18.3 Å². The number of hydrogen-bond acceptors (Lipinski definition) is 4. The van der Waals surface area contributed by atoms with Crippen LogP contribution in [-0.2, 0) is 0 Å². The van der Waals surface area contributed by atoms with Gasteiger partial charge in [0.25, 0.3) is 5.91 Å². The quantitative estimate of drug-likeness (QED) is 0.863. The minimum absolute atomic E-state index is 0.107. The number of aromatic nitrogens is 1. The van der Waals surface area contributed by atoms with Crippen LogP contribution in [0.4, 0.5) is 10.5 Å². The highest BCUT2D eigenvalue weighted by molar-refractivity contribution is 5.95. The van der Waals surface area contributed by atoms with Crippen LogP contribution >= 0.6 is 0 Å². The van der Waals surface area contributed by atoms with Gasteiger partial charge in [0.15, 0.2) is 0 Å². The van der Waals surface area contributed by atoms with Gasteiger partial charge >= 0.3 is 12.0 Å². The van der Waals surface area contributed by atoms with Crippen molar-refractivity contribution in [1.82, 2.24) is 14.8 Å². The molecule has 8 nitrogen and oxygen atoms in total. The monoisotopic (exact) mass is 368 g/mol. The van der Waals surface area contributed by atoms with Crippen molar-refractivity contribution in [2.24, 2.45) is 0 Å². The molecule has 0 radical (unpaired) electrons. The van der Waals surface area contributed by atoms with E-state index in [9.17, 15) is 14.4 Å². The van der Waals surface area contributed by atoms with Gasteiger partial charge in [0.05, 0.1) is 5.56 Å². The van der Waals surface area contributed by atoms with Crippen LogP contribution in [0.2, 0.25) is 0 Å². The maximum absolute atomic E-state index is 12.5. The summed E-state index contributed by atoms with van der Waals surface area (Å²) in [7, 11) is 0. The summed E-state index contributed by atoms with van der Waals surface area (Å²) in [6.45, 7) is 3.63. The molecule has 140 valence electrons. The number of benzene rings is 1. The summed E-state index contributed by atoms with van der Waals surface area (Å²) in [6.07, 6.45) is 1.27. The number of urea groups is 1. The second kappa shape index (κ2) is 7.86. The van der Waals surface area contributed by atoms with Crippen LogP contribution in [0.1, 0.15) is 26.4 Å². The number of carbonyl (C=O) groups excluding carboxylic acids is 2. The molecule has 2 aromatic rings. The van der Waals surface area contributed by atoms with E-state index in [1.54, 1.807) is 9.80 Å². The van der Waals surface area contributed by atoms with Crippen molar-refractivity contribution in [3.63, 3.8) is 0 Å². The average molecular weight is 368 g/mol. The van der Waals surface area contributed by atoms with Crippen molar-refractivity contribution in [1.29, 1.82) is 0 Å². The molecule has 2 heterocycles. The number of rotatable bonds is 3. The molecule has 8 heteroatoms. The summed E-state index contributed by atoms with van der Waals surface area (Å²) in [5.41, 5.74) is 2.07. The number of pyridine rings is 1. The van der Waals surface area contributed by atoms with Gasteiger partial charge in [0, 0.05) is 38.1 Å². The van der Waals surface area contributed by atoms with Crippen molar-refractivity contribution < 1.29 is 19.5 Å². The Hall–Kier alpha value is -3.42. The van der Waals surface area contributed by atoms with Gasteiger partial charge in [-0.05, 0) is 31.2 Å². The molecular weight excluding hydrogens is 348 g/mol. The lowest BCUT2D eigenvalue weighted by atomic mass is 10.2. The van der Waals surface area contributed by atoms with Crippen LogP contribution in [0.5, 0.6) is 0 Å². The fourth-order valence-electron chi connectivity index (χ4n) is 2.78. The third-order valence-corrected chi connectivity index (χ3v) is 4.39. The average Bonchev–Trinajstić information content (AvgIpc) is 2.69. The first-order valence-corrected chi connectivity index (χ1v) is 8.55. The Balaban J connectivity index is 1.54. The molecule has 3 amide bonds. The fraction of sp³-hybridized carbons (Fsp3) is 0.263. The maximum atomic E-state index is 12.5. The Bertz CT molecular complexity index is 841. The number of nitrogens with zero attached hydrogens (tertiary/aromatic N) is 3. The number of amides is 3. The van der Waals surface area contributed by atoms with E-state index in [1.807, 2.05) is 31.2 Å². The SMILES string of the molecule is Cc1ccc(NC(=O)N2CCN(C(=O)c3ccc(C(=O)O)nc3)CC2)cc1. The molecule has 0 bridgehead atoms. The van der Waals surface area contributed by atoms with Crippen molar-refractivity contribution in [2.45, 2.75) is 6.92 Å². The predicted molar refractivity (Wildman–Crippen MR) is 98.9 cm³/mol. The first-order valence-electron chi connectivity index (χ1n) is 8.55. The number of hydrogen-bond donors (Lipinski definition) is 2. The van der Waals surface area contributed by atoms with Gasteiger partial charge in [-0.15, -0.1) is 0 Å². The summed E-state index contributed by atoms with van der Waals surface area (Å²) in [5.74, 6) is -1.36. The Labute approximate surface area is 156 Å². The zero-order chi connectivity index (χ0) is 19.4. The Morgan fingerprint density at radius 3 is 2.15 bits per heavy atom. The van der Waals surface area contributed by atoms with Crippen LogP contribution in [0.3, 0.4) is 0 Å². The number of aromatic carboxylic acids is 1. The zero-order valence-electron chi connectivity index (χ0n) is 14.9. The van der Waals surface area contributed by atoms with Crippen LogP contribution in [0, 0.1) is 6.92 Å². The number of anilines is 1. The number of nitrogens with one attached hydrogen (secondary N) is 1. The van der Waals surface area contributed by atoms with E-state index >= 15 is 0 Å². The van der Waals surface area contributed by atoms with Crippen molar-refractivity contribution in [2.75, 3.05) is 31.5 Å². The van der Waals surface area contributed by atoms with E-state index in [2.05, 4.69) is 10.3 Å². The lowest BCUT2D eigenvalue weighted by Gasteiger charge is -2.34. The fourth-order valence-corrected chi connectivity index (χ4v) is 2.78. The summed E-state index contributed by atoms with van der Waals surface area (Å²) in [5, 5.41) is 11.7. The molecule has 1 fully saturated rings.